The Labute approximate surface area is 129 Å². The first kappa shape index (κ1) is 15.5. The van der Waals surface area contributed by atoms with Crippen molar-refractivity contribution < 1.29 is 4.79 Å². The number of carbonyl (C=O) groups is 1. The first-order chi connectivity index (χ1) is 9.47. The molecule has 0 aliphatic heterocycles. The summed E-state index contributed by atoms with van der Waals surface area (Å²) >= 11 is 3.51. The van der Waals surface area contributed by atoms with Gasteiger partial charge in [0.05, 0.1) is 6.04 Å². The minimum absolute atomic E-state index is 0.0873. The van der Waals surface area contributed by atoms with Crippen molar-refractivity contribution in [3.8, 4) is 0 Å². The molecule has 3 nitrogen and oxygen atoms in total. The Hall–Kier alpha value is -0.870. The van der Waals surface area contributed by atoms with E-state index in [1.54, 1.807) is 0 Å². The SMILES string of the molecule is CC(C)CNC(=O)C(C)NC1CCc2cc(Br)ccc21. The Morgan fingerprint density at radius 3 is 2.85 bits per heavy atom. The van der Waals surface area contributed by atoms with Gasteiger partial charge in [-0.25, -0.2) is 0 Å². The molecule has 2 N–H and O–H groups in total. The van der Waals surface area contributed by atoms with Gasteiger partial charge < -0.3 is 5.32 Å². The summed E-state index contributed by atoms with van der Waals surface area (Å²) in [7, 11) is 0. The lowest BCUT2D eigenvalue weighted by atomic mass is 10.1. The smallest absolute Gasteiger partial charge is 0.236 e. The number of rotatable bonds is 5. The van der Waals surface area contributed by atoms with Gasteiger partial charge in [0.25, 0.3) is 0 Å². The molecule has 2 rings (SSSR count). The fourth-order valence-electron chi connectivity index (χ4n) is 2.59. The van der Waals surface area contributed by atoms with Gasteiger partial charge in [0.15, 0.2) is 0 Å². The fourth-order valence-corrected chi connectivity index (χ4v) is 3.00. The molecule has 1 aromatic rings. The van der Waals surface area contributed by atoms with Crippen LogP contribution in [0.25, 0.3) is 0 Å². The molecule has 0 saturated carbocycles. The van der Waals surface area contributed by atoms with Crippen LogP contribution >= 0.6 is 15.9 Å². The summed E-state index contributed by atoms with van der Waals surface area (Å²) in [6, 6.07) is 6.54. The second-order valence-corrected chi connectivity index (χ2v) is 6.88. The van der Waals surface area contributed by atoms with Crippen LogP contribution in [-0.2, 0) is 11.2 Å². The number of nitrogens with one attached hydrogen (secondary N) is 2. The number of fused-ring (bicyclic) bond motifs is 1. The van der Waals surface area contributed by atoms with Gasteiger partial charge in [0, 0.05) is 17.1 Å². The Kier molecular flexibility index (Phi) is 5.22. The lowest BCUT2D eigenvalue weighted by Crippen LogP contribution is -2.44. The van der Waals surface area contributed by atoms with Crippen molar-refractivity contribution in [3.05, 3.63) is 33.8 Å². The van der Waals surface area contributed by atoms with E-state index in [4.69, 9.17) is 0 Å². The van der Waals surface area contributed by atoms with Crippen LogP contribution in [-0.4, -0.2) is 18.5 Å². The zero-order valence-electron chi connectivity index (χ0n) is 12.4. The maximum absolute atomic E-state index is 12.0. The van der Waals surface area contributed by atoms with Crippen LogP contribution < -0.4 is 10.6 Å². The Balaban J connectivity index is 1.93. The first-order valence-electron chi connectivity index (χ1n) is 7.29. The standard InChI is InChI=1S/C16H23BrN2O/c1-10(2)9-18-16(20)11(3)19-15-7-4-12-8-13(17)5-6-14(12)15/h5-6,8,10-11,15,19H,4,7,9H2,1-3H3,(H,18,20). The summed E-state index contributed by atoms with van der Waals surface area (Å²) in [4.78, 5) is 12.0. The first-order valence-corrected chi connectivity index (χ1v) is 8.08. The van der Waals surface area contributed by atoms with E-state index in [0.29, 0.717) is 5.92 Å². The molecule has 0 heterocycles. The number of benzene rings is 1. The molecule has 1 aromatic carbocycles. The summed E-state index contributed by atoms with van der Waals surface area (Å²) in [6.45, 7) is 6.87. The number of halogens is 1. The van der Waals surface area contributed by atoms with E-state index in [9.17, 15) is 4.79 Å². The van der Waals surface area contributed by atoms with E-state index < -0.39 is 0 Å². The van der Waals surface area contributed by atoms with Crippen LogP contribution in [0.15, 0.2) is 22.7 Å². The number of hydrogen-bond donors (Lipinski definition) is 2. The molecule has 0 radical (unpaired) electrons. The van der Waals surface area contributed by atoms with Crippen LogP contribution in [0.2, 0.25) is 0 Å². The maximum atomic E-state index is 12.0. The Morgan fingerprint density at radius 1 is 1.40 bits per heavy atom. The highest BCUT2D eigenvalue weighted by atomic mass is 79.9. The number of amides is 1. The van der Waals surface area contributed by atoms with Crippen molar-refractivity contribution >= 4 is 21.8 Å². The minimum Gasteiger partial charge on any atom is -0.354 e. The third-order valence-corrected chi connectivity index (χ3v) is 4.21. The molecule has 1 aliphatic carbocycles. The summed E-state index contributed by atoms with van der Waals surface area (Å²) < 4.78 is 1.12. The molecule has 110 valence electrons. The number of hydrogen-bond acceptors (Lipinski definition) is 2. The third-order valence-electron chi connectivity index (χ3n) is 3.71. The fraction of sp³-hybridized carbons (Fsp3) is 0.562. The average molecular weight is 339 g/mol. The zero-order valence-corrected chi connectivity index (χ0v) is 14.0. The third kappa shape index (κ3) is 3.83. The quantitative estimate of drug-likeness (QED) is 0.865. The van der Waals surface area contributed by atoms with E-state index in [1.165, 1.54) is 11.1 Å². The highest BCUT2D eigenvalue weighted by molar-refractivity contribution is 9.10. The van der Waals surface area contributed by atoms with E-state index in [0.717, 1.165) is 23.9 Å². The number of aryl methyl sites for hydroxylation is 1. The summed E-state index contributed by atoms with van der Waals surface area (Å²) in [5, 5.41) is 6.43. The minimum atomic E-state index is -0.159. The van der Waals surface area contributed by atoms with Crippen molar-refractivity contribution in [2.75, 3.05) is 6.54 Å². The summed E-state index contributed by atoms with van der Waals surface area (Å²) in [5.74, 6) is 0.569. The summed E-state index contributed by atoms with van der Waals surface area (Å²) in [5.41, 5.74) is 2.71. The molecule has 1 aliphatic rings. The molecule has 0 bridgehead atoms. The van der Waals surface area contributed by atoms with Gasteiger partial charge in [-0.15, -0.1) is 0 Å². The highest BCUT2D eigenvalue weighted by Crippen LogP contribution is 2.33. The van der Waals surface area contributed by atoms with Gasteiger partial charge in [0.1, 0.15) is 0 Å². The van der Waals surface area contributed by atoms with Crippen LogP contribution in [0.5, 0.6) is 0 Å². The molecule has 4 heteroatoms. The van der Waals surface area contributed by atoms with Gasteiger partial charge in [-0.3, -0.25) is 10.1 Å². The normalized spacial score (nSPS) is 18.9. The van der Waals surface area contributed by atoms with Gasteiger partial charge in [-0.1, -0.05) is 35.8 Å². The largest absolute Gasteiger partial charge is 0.354 e. The average Bonchev–Trinajstić information content (AvgIpc) is 2.78. The topological polar surface area (TPSA) is 41.1 Å². The molecule has 2 unspecified atom stereocenters. The molecular formula is C16H23BrN2O. The van der Waals surface area contributed by atoms with Crippen molar-refractivity contribution in [1.29, 1.82) is 0 Å². The number of carbonyl (C=O) groups excluding carboxylic acids is 1. The molecule has 0 saturated heterocycles. The monoisotopic (exact) mass is 338 g/mol. The van der Waals surface area contributed by atoms with E-state index in [2.05, 4.69) is 58.6 Å². The highest BCUT2D eigenvalue weighted by Gasteiger charge is 2.25. The van der Waals surface area contributed by atoms with Crippen LogP contribution in [0.4, 0.5) is 0 Å². The molecule has 1 amide bonds. The van der Waals surface area contributed by atoms with Gasteiger partial charge in [-0.05, 0) is 48.9 Å². The Bertz CT molecular complexity index is 487. The van der Waals surface area contributed by atoms with E-state index in [-0.39, 0.29) is 18.0 Å². The molecule has 0 spiro atoms. The van der Waals surface area contributed by atoms with Gasteiger partial charge in [-0.2, -0.15) is 0 Å². The second kappa shape index (κ2) is 6.72. The van der Waals surface area contributed by atoms with Crippen molar-refractivity contribution in [2.45, 2.75) is 45.7 Å². The van der Waals surface area contributed by atoms with Crippen molar-refractivity contribution in [3.63, 3.8) is 0 Å². The van der Waals surface area contributed by atoms with E-state index in [1.807, 2.05) is 6.92 Å². The van der Waals surface area contributed by atoms with Crippen LogP contribution in [0, 0.1) is 5.92 Å². The summed E-state index contributed by atoms with van der Waals surface area (Å²) in [6.07, 6.45) is 2.14. The van der Waals surface area contributed by atoms with Crippen molar-refractivity contribution in [2.24, 2.45) is 5.92 Å². The van der Waals surface area contributed by atoms with E-state index >= 15 is 0 Å². The zero-order chi connectivity index (χ0) is 14.7. The maximum Gasteiger partial charge on any atom is 0.236 e. The molecule has 0 aromatic heterocycles. The Morgan fingerprint density at radius 2 is 2.15 bits per heavy atom. The van der Waals surface area contributed by atoms with Crippen molar-refractivity contribution in [1.82, 2.24) is 10.6 Å². The molecule has 20 heavy (non-hydrogen) atoms. The predicted octanol–water partition coefficient (Wildman–Crippen LogP) is 3.19. The van der Waals surface area contributed by atoms with Crippen LogP contribution in [0.1, 0.15) is 44.4 Å². The van der Waals surface area contributed by atoms with Gasteiger partial charge in [0.2, 0.25) is 5.91 Å². The predicted molar refractivity (Wildman–Crippen MR) is 85.6 cm³/mol. The molecule has 0 fully saturated rings. The lowest BCUT2D eigenvalue weighted by molar-refractivity contribution is -0.123. The lowest BCUT2D eigenvalue weighted by Gasteiger charge is -2.20. The second-order valence-electron chi connectivity index (χ2n) is 5.96. The molecule has 2 atom stereocenters. The molecular weight excluding hydrogens is 316 g/mol. The van der Waals surface area contributed by atoms with Gasteiger partial charge >= 0.3 is 0 Å². The van der Waals surface area contributed by atoms with Crippen LogP contribution in [0.3, 0.4) is 0 Å².